The van der Waals surface area contributed by atoms with E-state index in [0.29, 0.717) is 12.1 Å². The van der Waals surface area contributed by atoms with Crippen molar-refractivity contribution in [3.05, 3.63) is 0 Å². The van der Waals surface area contributed by atoms with Crippen LogP contribution < -0.4 is 10.6 Å². The quantitative estimate of drug-likeness (QED) is 0.424. The summed E-state index contributed by atoms with van der Waals surface area (Å²) in [7, 11) is 1.83. The summed E-state index contributed by atoms with van der Waals surface area (Å²) in [6, 6.07) is 1.07. The van der Waals surface area contributed by atoms with Crippen LogP contribution in [0.3, 0.4) is 0 Å². The van der Waals surface area contributed by atoms with E-state index in [-0.39, 0.29) is 24.0 Å². The molecular weight excluding hydrogens is 341 g/mol. The van der Waals surface area contributed by atoms with Crippen molar-refractivity contribution in [3.63, 3.8) is 0 Å². The predicted molar refractivity (Wildman–Crippen MR) is 86.8 cm³/mol. The Morgan fingerprint density at radius 2 is 1.94 bits per heavy atom. The third kappa shape index (κ3) is 4.24. The van der Waals surface area contributed by atoms with Crippen molar-refractivity contribution < 1.29 is 0 Å². The molecule has 3 aliphatic heterocycles. The van der Waals surface area contributed by atoms with Gasteiger partial charge in [-0.05, 0) is 13.8 Å². The molecule has 0 aromatic heterocycles. The van der Waals surface area contributed by atoms with Crippen LogP contribution in [0.4, 0.5) is 0 Å². The monoisotopic (exact) mass is 367 g/mol. The van der Waals surface area contributed by atoms with E-state index in [1.54, 1.807) is 0 Å². The van der Waals surface area contributed by atoms with Crippen LogP contribution in [0.25, 0.3) is 0 Å². The number of aliphatic imine (C=N–C) groups is 1. The molecule has 3 saturated heterocycles. The lowest BCUT2D eigenvalue weighted by Gasteiger charge is -2.47. The molecule has 0 aliphatic carbocycles. The highest BCUT2D eigenvalue weighted by Gasteiger charge is 2.31. The molecule has 0 amide bonds. The van der Waals surface area contributed by atoms with Crippen LogP contribution in [0.2, 0.25) is 0 Å². The van der Waals surface area contributed by atoms with Gasteiger partial charge in [-0.15, -0.1) is 24.0 Å². The number of piperazine rings is 3. The molecule has 0 spiro atoms. The molecule has 5 nitrogen and oxygen atoms in total. The van der Waals surface area contributed by atoms with Crippen LogP contribution in [0.15, 0.2) is 4.99 Å². The van der Waals surface area contributed by atoms with Crippen molar-refractivity contribution in [2.75, 3.05) is 46.3 Å². The smallest absolute Gasteiger partial charge is 0.191 e. The van der Waals surface area contributed by atoms with Crippen LogP contribution >= 0.6 is 24.0 Å². The van der Waals surface area contributed by atoms with Crippen LogP contribution in [-0.2, 0) is 0 Å². The summed E-state index contributed by atoms with van der Waals surface area (Å²) >= 11 is 0. The Bertz CT molecular complexity index is 274. The lowest BCUT2D eigenvalue weighted by Crippen LogP contribution is -2.64. The van der Waals surface area contributed by atoms with E-state index in [1.165, 1.54) is 32.7 Å². The maximum Gasteiger partial charge on any atom is 0.191 e. The van der Waals surface area contributed by atoms with E-state index < -0.39 is 0 Å². The van der Waals surface area contributed by atoms with Gasteiger partial charge in [-0.25, -0.2) is 0 Å². The van der Waals surface area contributed by atoms with Crippen LogP contribution in [0.5, 0.6) is 0 Å². The lowest BCUT2D eigenvalue weighted by molar-refractivity contribution is 0.0154. The summed E-state index contributed by atoms with van der Waals surface area (Å²) in [5.74, 6) is 0.914. The largest absolute Gasteiger partial charge is 0.355 e. The maximum absolute atomic E-state index is 4.24. The number of halogens is 1. The fourth-order valence-corrected chi connectivity index (χ4v) is 2.60. The van der Waals surface area contributed by atoms with Gasteiger partial charge in [0.1, 0.15) is 0 Å². The minimum absolute atomic E-state index is 0. The molecular formula is C12H26IN5. The van der Waals surface area contributed by atoms with Gasteiger partial charge in [-0.1, -0.05) is 0 Å². The zero-order chi connectivity index (χ0) is 12.3. The van der Waals surface area contributed by atoms with Gasteiger partial charge in [-0.3, -0.25) is 14.8 Å². The molecule has 18 heavy (non-hydrogen) atoms. The zero-order valence-electron chi connectivity index (χ0n) is 11.6. The lowest BCUT2D eigenvalue weighted by atomic mass is 10.1. The first kappa shape index (κ1) is 16.0. The average Bonchev–Trinajstić information content (AvgIpc) is 2.35. The van der Waals surface area contributed by atoms with Crippen LogP contribution in [0.1, 0.15) is 13.8 Å². The Kier molecular flexibility index (Phi) is 6.65. The summed E-state index contributed by atoms with van der Waals surface area (Å²) < 4.78 is 0. The second-order valence-electron chi connectivity index (χ2n) is 5.24. The Morgan fingerprint density at radius 3 is 2.39 bits per heavy atom. The number of hydrogen-bond donors (Lipinski definition) is 2. The first-order valence-corrected chi connectivity index (χ1v) is 6.62. The maximum atomic E-state index is 4.24. The van der Waals surface area contributed by atoms with E-state index in [0.717, 1.165) is 12.5 Å². The molecule has 0 aromatic carbocycles. The normalized spacial score (nSPS) is 31.1. The van der Waals surface area contributed by atoms with E-state index in [1.807, 2.05) is 7.05 Å². The van der Waals surface area contributed by atoms with Crippen molar-refractivity contribution in [2.24, 2.45) is 4.99 Å². The molecule has 6 heteroatoms. The topological polar surface area (TPSA) is 42.9 Å². The Hall–Kier alpha value is -0.0800. The zero-order valence-corrected chi connectivity index (χ0v) is 14.0. The number of hydrogen-bond acceptors (Lipinski definition) is 3. The van der Waals surface area contributed by atoms with E-state index in [4.69, 9.17) is 0 Å². The van der Waals surface area contributed by atoms with Gasteiger partial charge in [0.25, 0.3) is 0 Å². The Morgan fingerprint density at radius 1 is 1.28 bits per heavy atom. The van der Waals surface area contributed by atoms with Gasteiger partial charge in [0.2, 0.25) is 0 Å². The summed E-state index contributed by atoms with van der Waals surface area (Å²) in [5, 5.41) is 6.75. The predicted octanol–water partition coefficient (Wildman–Crippen LogP) is 0.178. The SMILES string of the molecule is CN=C(NCC1CN2CCN1CC2)NC(C)C.I. The van der Waals surface area contributed by atoms with Crippen LogP contribution in [-0.4, -0.2) is 74.2 Å². The van der Waals surface area contributed by atoms with E-state index in [9.17, 15) is 0 Å². The summed E-state index contributed by atoms with van der Waals surface area (Å²) in [6.07, 6.45) is 0. The molecule has 2 N–H and O–H groups in total. The molecule has 3 rings (SSSR count). The fourth-order valence-electron chi connectivity index (χ4n) is 2.60. The van der Waals surface area contributed by atoms with Crippen molar-refractivity contribution >= 4 is 29.9 Å². The van der Waals surface area contributed by atoms with Gasteiger partial charge < -0.3 is 10.6 Å². The van der Waals surface area contributed by atoms with Crippen molar-refractivity contribution in [2.45, 2.75) is 25.9 Å². The molecule has 1 unspecified atom stereocenters. The highest BCUT2D eigenvalue weighted by Crippen LogP contribution is 2.14. The average molecular weight is 367 g/mol. The minimum atomic E-state index is 0. The minimum Gasteiger partial charge on any atom is -0.355 e. The number of nitrogens with one attached hydrogen (secondary N) is 2. The fraction of sp³-hybridized carbons (Fsp3) is 0.917. The van der Waals surface area contributed by atoms with Crippen molar-refractivity contribution in [3.8, 4) is 0 Å². The molecule has 3 heterocycles. The molecule has 0 saturated carbocycles. The molecule has 3 fully saturated rings. The van der Waals surface area contributed by atoms with Gasteiger partial charge in [0.15, 0.2) is 5.96 Å². The van der Waals surface area contributed by atoms with E-state index >= 15 is 0 Å². The van der Waals surface area contributed by atoms with Gasteiger partial charge in [0, 0.05) is 58.4 Å². The van der Waals surface area contributed by atoms with Gasteiger partial charge >= 0.3 is 0 Å². The Balaban J connectivity index is 0.00000162. The first-order chi connectivity index (χ1) is 8.19. The number of nitrogens with zero attached hydrogens (tertiary/aromatic N) is 3. The van der Waals surface area contributed by atoms with E-state index in [2.05, 4.69) is 39.3 Å². The van der Waals surface area contributed by atoms with Gasteiger partial charge in [-0.2, -0.15) is 0 Å². The molecule has 3 aliphatic rings. The molecule has 0 radical (unpaired) electrons. The first-order valence-electron chi connectivity index (χ1n) is 6.62. The third-order valence-electron chi connectivity index (χ3n) is 3.55. The standard InChI is InChI=1S/C12H25N5.HI/c1-10(2)15-12(13-3)14-8-11-9-16-4-6-17(11)7-5-16;/h10-11H,4-9H2,1-3H3,(H2,13,14,15);1H. The number of rotatable bonds is 3. The second-order valence-corrected chi connectivity index (χ2v) is 5.24. The highest BCUT2D eigenvalue weighted by molar-refractivity contribution is 14.0. The highest BCUT2D eigenvalue weighted by atomic mass is 127. The van der Waals surface area contributed by atoms with Crippen molar-refractivity contribution in [1.29, 1.82) is 0 Å². The summed E-state index contributed by atoms with van der Waals surface area (Å²) in [6.45, 7) is 11.4. The second kappa shape index (κ2) is 7.49. The number of fused-ring (bicyclic) bond motifs is 3. The third-order valence-corrected chi connectivity index (χ3v) is 3.55. The molecule has 2 bridgehead atoms. The summed E-state index contributed by atoms with van der Waals surface area (Å²) in [5.41, 5.74) is 0. The molecule has 1 atom stereocenters. The molecule has 106 valence electrons. The Labute approximate surface area is 127 Å². The number of guanidine groups is 1. The molecule has 0 aromatic rings. The van der Waals surface area contributed by atoms with Crippen LogP contribution in [0, 0.1) is 0 Å². The van der Waals surface area contributed by atoms with Gasteiger partial charge in [0.05, 0.1) is 0 Å². The summed E-state index contributed by atoms with van der Waals surface area (Å²) in [4.78, 5) is 9.39. The van der Waals surface area contributed by atoms with Crippen molar-refractivity contribution in [1.82, 2.24) is 20.4 Å².